The first-order chi connectivity index (χ1) is 7.92. The van der Waals surface area contributed by atoms with Gasteiger partial charge in [0.25, 0.3) is 0 Å². The summed E-state index contributed by atoms with van der Waals surface area (Å²) in [6, 6.07) is 8.11. The van der Waals surface area contributed by atoms with E-state index in [0.717, 1.165) is 25.4 Å². The maximum Gasteiger partial charge on any atom is 0.122 e. The highest BCUT2D eigenvalue weighted by atomic mass is 16.5. The molecule has 0 amide bonds. The van der Waals surface area contributed by atoms with Gasteiger partial charge in [-0.15, -0.1) is 0 Å². The Morgan fingerprint density at radius 3 is 3.00 bits per heavy atom. The summed E-state index contributed by atoms with van der Waals surface area (Å²) in [6.07, 6.45) is 1.75. The van der Waals surface area contributed by atoms with Crippen LogP contribution in [0.1, 0.15) is 24.3 Å². The van der Waals surface area contributed by atoms with Crippen molar-refractivity contribution >= 4 is 0 Å². The highest BCUT2D eigenvalue weighted by Crippen LogP contribution is 2.32. The largest absolute Gasteiger partial charge is 0.493 e. The standard InChI is InChI=1S/C13H18O3/c14-7-3-8-16-13-5-2-1-4-12(13)11-6-9-15-10-11/h1-2,4-5,11,14H,3,6-10H2. The molecule has 1 aromatic rings. The Hall–Kier alpha value is -1.06. The van der Waals surface area contributed by atoms with Gasteiger partial charge in [0.2, 0.25) is 0 Å². The fraction of sp³-hybridized carbons (Fsp3) is 0.538. The van der Waals surface area contributed by atoms with Gasteiger partial charge in [-0.05, 0) is 18.1 Å². The van der Waals surface area contributed by atoms with Crippen LogP contribution < -0.4 is 4.74 Å². The van der Waals surface area contributed by atoms with Crippen molar-refractivity contribution in [2.75, 3.05) is 26.4 Å². The molecule has 1 aliphatic heterocycles. The molecule has 1 aliphatic rings. The van der Waals surface area contributed by atoms with Gasteiger partial charge in [0.15, 0.2) is 0 Å². The quantitative estimate of drug-likeness (QED) is 0.774. The summed E-state index contributed by atoms with van der Waals surface area (Å²) in [6.45, 7) is 2.38. The van der Waals surface area contributed by atoms with Crippen LogP contribution in [0.4, 0.5) is 0 Å². The number of hydrogen-bond acceptors (Lipinski definition) is 3. The van der Waals surface area contributed by atoms with Crippen LogP contribution in [-0.2, 0) is 4.74 Å². The molecule has 1 atom stereocenters. The molecule has 0 aromatic heterocycles. The van der Waals surface area contributed by atoms with Crippen LogP contribution in [0, 0.1) is 0 Å². The average Bonchev–Trinajstić information content (AvgIpc) is 2.83. The maximum atomic E-state index is 8.73. The molecule has 1 unspecified atom stereocenters. The third-order valence-corrected chi connectivity index (χ3v) is 2.85. The fourth-order valence-corrected chi connectivity index (χ4v) is 1.98. The predicted molar refractivity (Wildman–Crippen MR) is 61.8 cm³/mol. The molecule has 2 rings (SSSR count). The molecule has 0 radical (unpaired) electrons. The minimum Gasteiger partial charge on any atom is -0.493 e. The van der Waals surface area contributed by atoms with Gasteiger partial charge in [-0.25, -0.2) is 0 Å². The van der Waals surface area contributed by atoms with E-state index in [1.54, 1.807) is 0 Å². The lowest BCUT2D eigenvalue weighted by molar-refractivity contribution is 0.193. The van der Waals surface area contributed by atoms with Gasteiger partial charge in [0, 0.05) is 25.6 Å². The molecule has 0 spiro atoms. The summed E-state index contributed by atoms with van der Waals surface area (Å²) in [5, 5.41) is 8.73. The lowest BCUT2D eigenvalue weighted by Gasteiger charge is -2.14. The molecular formula is C13H18O3. The molecule has 3 heteroatoms. The highest BCUT2D eigenvalue weighted by Gasteiger charge is 2.20. The summed E-state index contributed by atoms with van der Waals surface area (Å²) in [5.74, 6) is 1.40. The van der Waals surface area contributed by atoms with Gasteiger partial charge in [-0.1, -0.05) is 18.2 Å². The van der Waals surface area contributed by atoms with Gasteiger partial charge in [-0.3, -0.25) is 0 Å². The summed E-state index contributed by atoms with van der Waals surface area (Å²) >= 11 is 0. The number of aliphatic hydroxyl groups is 1. The molecule has 1 fully saturated rings. The zero-order chi connectivity index (χ0) is 11.2. The van der Waals surface area contributed by atoms with E-state index in [4.69, 9.17) is 14.6 Å². The minimum absolute atomic E-state index is 0.175. The Morgan fingerprint density at radius 2 is 2.25 bits per heavy atom. The zero-order valence-corrected chi connectivity index (χ0v) is 9.39. The third-order valence-electron chi connectivity index (χ3n) is 2.85. The Balaban J connectivity index is 2.04. The first-order valence-corrected chi connectivity index (χ1v) is 5.82. The molecule has 1 saturated heterocycles. The topological polar surface area (TPSA) is 38.7 Å². The second-order valence-corrected chi connectivity index (χ2v) is 4.02. The molecule has 3 nitrogen and oxygen atoms in total. The monoisotopic (exact) mass is 222 g/mol. The van der Waals surface area contributed by atoms with Gasteiger partial charge in [0.1, 0.15) is 5.75 Å². The smallest absolute Gasteiger partial charge is 0.122 e. The van der Waals surface area contributed by atoms with Crippen molar-refractivity contribution in [2.45, 2.75) is 18.8 Å². The molecule has 1 N–H and O–H groups in total. The van der Waals surface area contributed by atoms with Gasteiger partial charge in [0.05, 0.1) is 13.2 Å². The van der Waals surface area contributed by atoms with Crippen molar-refractivity contribution < 1.29 is 14.6 Å². The Kier molecular flexibility index (Phi) is 4.19. The van der Waals surface area contributed by atoms with E-state index in [9.17, 15) is 0 Å². The summed E-state index contributed by atoms with van der Waals surface area (Å²) in [5.41, 5.74) is 1.23. The van der Waals surface area contributed by atoms with Crippen LogP contribution in [0.2, 0.25) is 0 Å². The van der Waals surface area contributed by atoms with Crippen molar-refractivity contribution in [1.29, 1.82) is 0 Å². The second kappa shape index (κ2) is 5.87. The van der Waals surface area contributed by atoms with E-state index in [0.29, 0.717) is 18.9 Å². The first-order valence-electron chi connectivity index (χ1n) is 5.82. The number of rotatable bonds is 5. The van der Waals surface area contributed by atoms with E-state index in [1.807, 2.05) is 18.2 Å². The van der Waals surface area contributed by atoms with Crippen LogP contribution in [0.5, 0.6) is 5.75 Å². The lowest BCUT2D eigenvalue weighted by atomic mass is 9.98. The van der Waals surface area contributed by atoms with Crippen molar-refractivity contribution in [3.05, 3.63) is 29.8 Å². The molecule has 0 bridgehead atoms. The number of ether oxygens (including phenoxy) is 2. The van der Waals surface area contributed by atoms with Crippen molar-refractivity contribution in [1.82, 2.24) is 0 Å². The van der Waals surface area contributed by atoms with Gasteiger partial charge in [-0.2, -0.15) is 0 Å². The van der Waals surface area contributed by atoms with E-state index >= 15 is 0 Å². The van der Waals surface area contributed by atoms with E-state index in [1.165, 1.54) is 5.56 Å². The van der Waals surface area contributed by atoms with Crippen LogP contribution in [0.25, 0.3) is 0 Å². The number of benzene rings is 1. The van der Waals surface area contributed by atoms with Crippen LogP contribution in [-0.4, -0.2) is 31.5 Å². The molecule has 1 aromatic carbocycles. The number of para-hydroxylation sites is 1. The lowest BCUT2D eigenvalue weighted by Crippen LogP contribution is -2.05. The molecule has 88 valence electrons. The highest BCUT2D eigenvalue weighted by molar-refractivity contribution is 5.36. The van der Waals surface area contributed by atoms with Crippen molar-refractivity contribution in [3.8, 4) is 5.75 Å². The van der Waals surface area contributed by atoms with E-state index in [2.05, 4.69) is 6.07 Å². The second-order valence-electron chi connectivity index (χ2n) is 4.02. The average molecular weight is 222 g/mol. The Labute approximate surface area is 96.0 Å². The fourth-order valence-electron chi connectivity index (χ4n) is 1.98. The SMILES string of the molecule is OCCCOc1ccccc1C1CCOC1. The summed E-state index contributed by atoms with van der Waals surface area (Å²) in [4.78, 5) is 0. The van der Waals surface area contributed by atoms with Crippen molar-refractivity contribution in [2.24, 2.45) is 0 Å². The minimum atomic E-state index is 0.175. The van der Waals surface area contributed by atoms with Crippen LogP contribution >= 0.6 is 0 Å². The van der Waals surface area contributed by atoms with Gasteiger partial charge < -0.3 is 14.6 Å². The first kappa shape index (κ1) is 11.4. The molecular weight excluding hydrogens is 204 g/mol. The third kappa shape index (κ3) is 2.74. The van der Waals surface area contributed by atoms with Gasteiger partial charge >= 0.3 is 0 Å². The van der Waals surface area contributed by atoms with Crippen LogP contribution in [0.3, 0.4) is 0 Å². The number of aliphatic hydroxyl groups excluding tert-OH is 1. The molecule has 16 heavy (non-hydrogen) atoms. The van der Waals surface area contributed by atoms with E-state index < -0.39 is 0 Å². The summed E-state index contributed by atoms with van der Waals surface area (Å²) in [7, 11) is 0. The Morgan fingerprint density at radius 1 is 1.38 bits per heavy atom. The molecule has 0 aliphatic carbocycles. The normalized spacial score (nSPS) is 19.9. The zero-order valence-electron chi connectivity index (χ0n) is 9.39. The molecule has 1 heterocycles. The predicted octanol–water partition coefficient (Wildman–Crippen LogP) is 1.95. The van der Waals surface area contributed by atoms with E-state index in [-0.39, 0.29) is 6.61 Å². The summed E-state index contributed by atoms with van der Waals surface area (Å²) < 4.78 is 11.1. The maximum absolute atomic E-state index is 8.73. The van der Waals surface area contributed by atoms with Crippen molar-refractivity contribution in [3.63, 3.8) is 0 Å². The Bertz CT molecular complexity index is 319. The van der Waals surface area contributed by atoms with Crippen LogP contribution in [0.15, 0.2) is 24.3 Å². The number of hydrogen-bond donors (Lipinski definition) is 1. The molecule has 0 saturated carbocycles.